The Morgan fingerprint density at radius 2 is 2.22 bits per heavy atom. The van der Waals surface area contributed by atoms with E-state index in [1.54, 1.807) is 0 Å². The number of thiophene rings is 1. The van der Waals surface area contributed by atoms with Crippen molar-refractivity contribution in [3.8, 4) is 6.07 Å². The van der Waals surface area contributed by atoms with Gasteiger partial charge in [0.1, 0.15) is 16.2 Å². The van der Waals surface area contributed by atoms with Crippen LogP contribution in [0.1, 0.15) is 39.8 Å². The van der Waals surface area contributed by atoms with E-state index >= 15 is 0 Å². The molecule has 0 bridgehead atoms. The Hall–Kier alpha value is -2.14. The molecular formula is C18H15Cl2N3O3S. The van der Waals surface area contributed by atoms with Gasteiger partial charge in [0.25, 0.3) is 5.91 Å². The number of amides is 1. The minimum atomic E-state index is -0.850. The van der Waals surface area contributed by atoms with E-state index in [9.17, 15) is 14.9 Å². The van der Waals surface area contributed by atoms with Crippen LogP contribution in [0, 0.1) is 17.2 Å². The van der Waals surface area contributed by atoms with Gasteiger partial charge < -0.3 is 10.1 Å². The van der Waals surface area contributed by atoms with Crippen molar-refractivity contribution in [1.82, 2.24) is 4.98 Å². The molecule has 27 heavy (non-hydrogen) atoms. The quantitative estimate of drug-likeness (QED) is 0.586. The first kappa shape index (κ1) is 19.6. The number of fused-ring (bicyclic) bond motifs is 1. The van der Waals surface area contributed by atoms with Gasteiger partial charge in [-0.15, -0.1) is 11.3 Å². The largest absolute Gasteiger partial charge is 0.451 e. The molecule has 0 spiro atoms. The maximum absolute atomic E-state index is 12.2. The van der Waals surface area contributed by atoms with E-state index in [-0.39, 0.29) is 15.9 Å². The summed E-state index contributed by atoms with van der Waals surface area (Å²) in [5, 5.41) is 12.8. The van der Waals surface area contributed by atoms with Crippen LogP contribution in [-0.2, 0) is 22.4 Å². The topological polar surface area (TPSA) is 92.1 Å². The van der Waals surface area contributed by atoms with Crippen LogP contribution in [0.4, 0.5) is 5.00 Å². The molecule has 0 saturated carbocycles. The van der Waals surface area contributed by atoms with Crippen molar-refractivity contribution >= 4 is 51.4 Å². The highest BCUT2D eigenvalue weighted by atomic mass is 35.5. The fourth-order valence-electron chi connectivity index (χ4n) is 2.88. The van der Waals surface area contributed by atoms with Crippen molar-refractivity contribution in [1.29, 1.82) is 5.26 Å². The number of ether oxygens (including phenoxy) is 1. The zero-order chi connectivity index (χ0) is 19.6. The van der Waals surface area contributed by atoms with Crippen LogP contribution in [0.25, 0.3) is 0 Å². The molecular weight excluding hydrogens is 409 g/mol. The van der Waals surface area contributed by atoms with E-state index in [0.717, 1.165) is 29.7 Å². The Labute approximate surface area is 170 Å². The molecule has 1 aliphatic carbocycles. The molecule has 140 valence electrons. The third kappa shape index (κ3) is 4.41. The van der Waals surface area contributed by atoms with Gasteiger partial charge in [-0.05, 0) is 42.9 Å². The van der Waals surface area contributed by atoms with Gasteiger partial charge in [0.05, 0.1) is 10.6 Å². The van der Waals surface area contributed by atoms with E-state index < -0.39 is 18.5 Å². The number of aromatic nitrogens is 1. The Morgan fingerprint density at radius 3 is 2.96 bits per heavy atom. The van der Waals surface area contributed by atoms with E-state index in [0.29, 0.717) is 16.5 Å². The first-order chi connectivity index (χ1) is 12.9. The second-order valence-corrected chi connectivity index (χ2v) is 8.16. The van der Waals surface area contributed by atoms with E-state index in [1.165, 1.54) is 23.5 Å². The molecule has 1 amide bonds. The number of pyridine rings is 1. The summed E-state index contributed by atoms with van der Waals surface area (Å²) in [7, 11) is 0. The Kier molecular flexibility index (Phi) is 6.00. The molecule has 1 atom stereocenters. The van der Waals surface area contributed by atoms with Crippen molar-refractivity contribution in [2.75, 3.05) is 11.9 Å². The predicted octanol–water partition coefficient (Wildman–Crippen LogP) is 4.24. The standard InChI is InChI=1S/C18H15Cl2N3O3S/c1-9-2-3-10-11(7-21)17(27-13(10)6-9)23-15(24)8-26-18(25)16-12(19)4-5-14(20)22-16/h4-5,9H,2-3,6,8H2,1H3,(H,23,24)/t9-/m1/s1. The van der Waals surface area contributed by atoms with Crippen LogP contribution < -0.4 is 5.32 Å². The first-order valence-corrected chi connectivity index (χ1v) is 9.80. The highest BCUT2D eigenvalue weighted by Gasteiger charge is 2.25. The number of nitriles is 1. The number of nitrogens with zero attached hydrogens (tertiary/aromatic N) is 2. The number of halogens is 2. The summed E-state index contributed by atoms with van der Waals surface area (Å²) in [6.07, 6.45) is 2.76. The Balaban J connectivity index is 1.66. The SMILES string of the molecule is C[C@@H]1CCc2c(sc(NC(=O)COC(=O)c3nc(Cl)ccc3Cl)c2C#N)C1. The van der Waals surface area contributed by atoms with Crippen LogP contribution in [-0.4, -0.2) is 23.5 Å². The van der Waals surface area contributed by atoms with E-state index in [1.807, 2.05) is 0 Å². The fourth-order valence-corrected chi connectivity index (χ4v) is 4.59. The minimum absolute atomic E-state index is 0.0802. The summed E-state index contributed by atoms with van der Waals surface area (Å²) in [4.78, 5) is 29.1. The normalized spacial score (nSPS) is 15.6. The monoisotopic (exact) mass is 423 g/mol. The highest BCUT2D eigenvalue weighted by molar-refractivity contribution is 7.16. The van der Waals surface area contributed by atoms with Crippen molar-refractivity contribution < 1.29 is 14.3 Å². The van der Waals surface area contributed by atoms with Crippen LogP contribution in [0.2, 0.25) is 10.2 Å². The van der Waals surface area contributed by atoms with Crippen LogP contribution in [0.3, 0.4) is 0 Å². The lowest BCUT2D eigenvalue weighted by Crippen LogP contribution is -2.21. The molecule has 1 N–H and O–H groups in total. The number of hydrogen-bond donors (Lipinski definition) is 1. The van der Waals surface area contributed by atoms with Gasteiger partial charge in [-0.1, -0.05) is 30.1 Å². The summed E-state index contributed by atoms with van der Waals surface area (Å²) in [6, 6.07) is 5.04. The number of carbonyl (C=O) groups is 2. The van der Waals surface area contributed by atoms with Crippen LogP contribution >= 0.6 is 34.5 Å². The summed E-state index contributed by atoms with van der Waals surface area (Å²) in [5.74, 6) is -0.829. The molecule has 9 heteroatoms. The van der Waals surface area contributed by atoms with Gasteiger partial charge in [0.2, 0.25) is 0 Å². The zero-order valence-electron chi connectivity index (χ0n) is 14.3. The fraction of sp³-hybridized carbons (Fsp3) is 0.333. The van der Waals surface area contributed by atoms with Gasteiger partial charge in [-0.25, -0.2) is 9.78 Å². The minimum Gasteiger partial charge on any atom is -0.451 e. The van der Waals surface area contributed by atoms with Crippen LogP contribution in [0.15, 0.2) is 12.1 Å². The van der Waals surface area contributed by atoms with Crippen molar-refractivity contribution in [3.63, 3.8) is 0 Å². The van der Waals surface area contributed by atoms with Crippen molar-refractivity contribution in [3.05, 3.63) is 44.0 Å². The van der Waals surface area contributed by atoms with E-state index in [4.69, 9.17) is 27.9 Å². The predicted molar refractivity (Wildman–Crippen MR) is 103 cm³/mol. The lowest BCUT2D eigenvalue weighted by Gasteiger charge is -2.17. The number of carbonyl (C=O) groups excluding carboxylic acids is 2. The van der Waals surface area contributed by atoms with Crippen molar-refractivity contribution in [2.45, 2.75) is 26.2 Å². The maximum Gasteiger partial charge on any atom is 0.359 e. The second-order valence-electron chi connectivity index (χ2n) is 6.26. The molecule has 0 aliphatic heterocycles. The second kappa shape index (κ2) is 8.26. The summed E-state index contributed by atoms with van der Waals surface area (Å²) in [5.41, 5.74) is 1.36. The highest BCUT2D eigenvalue weighted by Crippen LogP contribution is 2.39. The lowest BCUT2D eigenvalue weighted by molar-refractivity contribution is -0.119. The summed E-state index contributed by atoms with van der Waals surface area (Å²) < 4.78 is 4.96. The zero-order valence-corrected chi connectivity index (χ0v) is 16.7. The molecule has 1 aliphatic rings. The first-order valence-electron chi connectivity index (χ1n) is 8.22. The number of nitrogens with one attached hydrogen (secondary N) is 1. The average Bonchev–Trinajstić information content (AvgIpc) is 2.97. The van der Waals surface area contributed by atoms with Gasteiger partial charge in [0, 0.05) is 4.88 Å². The summed E-state index contributed by atoms with van der Waals surface area (Å²) in [6.45, 7) is 1.65. The maximum atomic E-state index is 12.2. The molecule has 6 nitrogen and oxygen atoms in total. The number of esters is 1. The molecule has 3 rings (SSSR count). The Morgan fingerprint density at radius 1 is 1.44 bits per heavy atom. The molecule has 0 aromatic carbocycles. The summed E-state index contributed by atoms with van der Waals surface area (Å²) >= 11 is 13.0. The molecule has 0 fully saturated rings. The van der Waals surface area contributed by atoms with E-state index in [2.05, 4.69) is 23.3 Å². The smallest absolute Gasteiger partial charge is 0.359 e. The van der Waals surface area contributed by atoms with Crippen molar-refractivity contribution in [2.24, 2.45) is 5.92 Å². The molecule has 0 saturated heterocycles. The molecule has 2 aromatic heterocycles. The molecule has 2 heterocycles. The van der Waals surface area contributed by atoms with Gasteiger partial charge in [0.15, 0.2) is 12.3 Å². The van der Waals surface area contributed by atoms with Gasteiger partial charge in [-0.2, -0.15) is 5.26 Å². The molecule has 0 unspecified atom stereocenters. The number of anilines is 1. The number of rotatable bonds is 4. The van der Waals surface area contributed by atoms with Gasteiger partial charge in [-0.3, -0.25) is 4.79 Å². The van der Waals surface area contributed by atoms with Gasteiger partial charge >= 0.3 is 5.97 Å². The third-order valence-corrected chi connectivity index (χ3v) is 5.90. The lowest BCUT2D eigenvalue weighted by atomic mass is 9.89. The molecule has 0 radical (unpaired) electrons. The third-order valence-electron chi connectivity index (χ3n) is 4.22. The Bertz CT molecular complexity index is 952. The average molecular weight is 424 g/mol. The van der Waals surface area contributed by atoms with Crippen LogP contribution in [0.5, 0.6) is 0 Å². The number of hydrogen-bond acceptors (Lipinski definition) is 6. The molecule has 2 aromatic rings.